The second-order valence-corrected chi connectivity index (χ2v) is 10.9. The van der Waals surface area contributed by atoms with Gasteiger partial charge in [-0.3, -0.25) is 9.79 Å². The summed E-state index contributed by atoms with van der Waals surface area (Å²) in [5.41, 5.74) is 3.30. The van der Waals surface area contributed by atoms with Gasteiger partial charge in [-0.1, -0.05) is 19.4 Å². The predicted octanol–water partition coefficient (Wildman–Crippen LogP) is 5.57. The number of esters is 1. The van der Waals surface area contributed by atoms with Crippen LogP contribution in [0.5, 0.6) is 0 Å². The number of rotatable bonds is 2. The Morgan fingerprint density at radius 2 is 1.90 bits per heavy atom. The Hall–Kier alpha value is -1.71. The molecule has 5 aliphatic rings. The Bertz CT molecular complexity index is 868. The zero-order chi connectivity index (χ0) is 21.1. The van der Waals surface area contributed by atoms with Crippen LogP contribution in [0.15, 0.2) is 27.9 Å². The molecule has 30 heavy (non-hydrogen) atoms. The fourth-order valence-corrected chi connectivity index (χ4v) is 7.82. The highest BCUT2D eigenvalue weighted by Gasteiger charge is 2.60. The SMILES string of the molecule is CC1=C(C(=O)O[C@H]2CC[C@H]3[C@@H]4CCC5=CC(=O)CC[C@]5(C)[C@H]4CC[C@]23C)CCC=N1. The van der Waals surface area contributed by atoms with Crippen molar-refractivity contribution in [1.29, 1.82) is 0 Å². The molecule has 0 amide bonds. The van der Waals surface area contributed by atoms with Crippen molar-refractivity contribution in [3.63, 3.8) is 0 Å². The molecule has 0 spiro atoms. The third kappa shape index (κ3) is 2.97. The maximum atomic E-state index is 12.9. The number of ketones is 1. The van der Waals surface area contributed by atoms with Gasteiger partial charge in [-0.05, 0) is 94.0 Å². The van der Waals surface area contributed by atoms with Crippen LogP contribution < -0.4 is 0 Å². The normalized spacial score (nSPS) is 42.9. The van der Waals surface area contributed by atoms with Crippen LogP contribution in [0.2, 0.25) is 0 Å². The fourth-order valence-electron chi connectivity index (χ4n) is 7.82. The van der Waals surface area contributed by atoms with Crippen molar-refractivity contribution >= 4 is 18.0 Å². The van der Waals surface area contributed by atoms with Gasteiger partial charge < -0.3 is 4.74 Å². The lowest BCUT2D eigenvalue weighted by molar-refractivity contribution is -0.155. The molecule has 0 N–H and O–H groups in total. The Labute approximate surface area is 180 Å². The van der Waals surface area contributed by atoms with E-state index in [0.717, 1.165) is 49.8 Å². The first-order valence-electron chi connectivity index (χ1n) is 12.0. The Morgan fingerprint density at radius 1 is 1.07 bits per heavy atom. The van der Waals surface area contributed by atoms with E-state index in [2.05, 4.69) is 18.8 Å². The number of carbonyl (C=O) groups excluding carboxylic acids is 2. The van der Waals surface area contributed by atoms with Crippen LogP contribution in [0, 0.1) is 28.6 Å². The number of nitrogens with zero attached hydrogens (tertiary/aromatic N) is 1. The molecule has 4 heteroatoms. The summed E-state index contributed by atoms with van der Waals surface area (Å²) in [7, 11) is 0. The molecule has 0 aromatic carbocycles. The molecule has 3 saturated carbocycles. The molecule has 1 aliphatic heterocycles. The van der Waals surface area contributed by atoms with Crippen LogP contribution in [-0.4, -0.2) is 24.1 Å². The number of hydrogen-bond acceptors (Lipinski definition) is 4. The summed E-state index contributed by atoms with van der Waals surface area (Å²) < 4.78 is 6.19. The summed E-state index contributed by atoms with van der Waals surface area (Å²) in [5.74, 6) is 2.19. The van der Waals surface area contributed by atoms with Gasteiger partial charge in [0.15, 0.2) is 5.78 Å². The van der Waals surface area contributed by atoms with Crippen LogP contribution in [0.1, 0.15) is 85.0 Å². The first-order valence-corrected chi connectivity index (χ1v) is 12.0. The molecule has 0 saturated heterocycles. The molecular weight excluding hydrogens is 374 g/mol. The first-order chi connectivity index (χ1) is 14.3. The average Bonchev–Trinajstić information content (AvgIpc) is 3.05. The van der Waals surface area contributed by atoms with E-state index in [9.17, 15) is 9.59 Å². The summed E-state index contributed by atoms with van der Waals surface area (Å²) >= 11 is 0. The van der Waals surface area contributed by atoms with Crippen molar-refractivity contribution in [3.05, 3.63) is 22.9 Å². The summed E-state index contributed by atoms with van der Waals surface area (Å²) in [6.07, 6.45) is 14.0. The summed E-state index contributed by atoms with van der Waals surface area (Å²) in [5, 5.41) is 0. The van der Waals surface area contributed by atoms with Gasteiger partial charge in [-0.25, -0.2) is 4.79 Å². The Morgan fingerprint density at radius 3 is 2.70 bits per heavy atom. The van der Waals surface area contributed by atoms with Gasteiger partial charge >= 0.3 is 5.97 Å². The molecule has 162 valence electrons. The lowest BCUT2D eigenvalue weighted by atomic mass is 9.47. The van der Waals surface area contributed by atoms with Crippen LogP contribution in [0.4, 0.5) is 0 Å². The Balaban J connectivity index is 1.36. The second-order valence-electron chi connectivity index (χ2n) is 10.9. The van der Waals surface area contributed by atoms with Crippen molar-refractivity contribution in [2.75, 3.05) is 0 Å². The van der Waals surface area contributed by atoms with Crippen LogP contribution in [-0.2, 0) is 14.3 Å². The van der Waals surface area contributed by atoms with Crippen molar-refractivity contribution in [3.8, 4) is 0 Å². The largest absolute Gasteiger partial charge is 0.458 e. The average molecular weight is 410 g/mol. The highest BCUT2D eigenvalue weighted by molar-refractivity contribution is 5.92. The lowest BCUT2D eigenvalue weighted by Crippen LogP contribution is -2.51. The first kappa shape index (κ1) is 20.2. The van der Waals surface area contributed by atoms with E-state index < -0.39 is 0 Å². The highest BCUT2D eigenvalue weighted by Crippen LogP contribution is 2.65. The number of allylic oxidation sites excluding steroid dienone is 2. The highest BCUT2D eigenvalue weighted by atomic mass is 16.5. The smallest absolute Gasteiger partial charge is 0.336 e. The quantitative estimate of drug-likeness (QED) is 0.560. The van der Waals surface area contributed by atoms with Crippen molar-refractivity contribution < 1.29 is 14.3 Å². The molecule has 6 atom stereocenters. The zero-order valence-electron chi connectivity index (χ0n) is 18.7. The summed E-state index contributed by atoms with van der Waals surface area (Å²) in [6.45, 7) is 6.73. The third-order valence-electron chi connectivity index (χ3n) is 9.62. The molecular formula is C26H35NO3. The van der Waals surface area contributed by atoms with E-state index in [4.69, 9.17) is 4.74 Å². The lowest BCUT2D eigenvalue weighted by Gasteiger charge is -2.57. The van der Waals surface area contributed by atoms with E-state index >= 15 is 0 Å². The van der Waals surface area contributed by atoms with Crippen molar-refractivity contribution in [2.24, 2.45) is 33.6 Å². The van der Waals surface area contributed by atoms with E-state index in [-0.39, 0.29) is 22.9 Å². The van der Waals surface area contributed by atoms with Gasteiger partial charge in [-0.15, -0.1) is 0 Å². The predicted molar refractivity (Wildman–Crippen MR) is 117 cm³/mol. The molecule has 4 nitrogen and oxygen atoms in total. The number of fused-ring (bicyclic) bond motifs is 5. The minimum Gasteiger partial charge on any atom is -0.458 e. The van der Waals surface area contributed by atoms with E-state index in [1.165, 1.54) is 24.8 Å². The summed E-state index contributed by atoms with van der Waals surface area (Å²) in [4.78, 5) is 29.3. The Kier molecular flexibility index (Phi) is 4.83. The van der Waals surface area contributed by atoms with E-state index in [0.29, 0.717) is 30.0 Å². The fraction of sp³-hybridized carbons (Fsp3) is 0.731. The molecule has 5 rings (SSSR count). The number of aliphatic imine (C=N–C) groups is 1. The molecule has 0 radical (unpaired) electrons. The van der Waals surface area contributed by atoms with Gasteiger partial charge in [0.25, 0.3) is 0 Å². The molecule has 0 aromatic heterocycles. The monoisotopic (exact) mass is 409 g/mol. The van der Waals surface area contributed by atoms with Gasteiger partial charge in [0, 0.05) is 23.7 Å². The van der Waals surface area contributed by atoms with E-state index in [1.54, 1.807) is 0 Å². The molecule has 1 heterocycles. The molecule has 4 aliphatic carbocycles. The third-order valence-corrected chi connectivity index (χ3v) is 9.62. The second kappa shape index (κ2) is 7.17. The maximum absolute atomic E-state index is 12.9. The minimum atomic E-state index is -0.134. The maximum Gasteiger partial charge on any atom is 0.336 e. The van der Waals surface area contributed by atoms with Crippen LogP contribution >= 0.6 is 0 Å². The molecule has 0 aromatic rings. The molecule has 3 fully saturated rings. The van der Waals surface area contributed by atoms with Crippen molar-refractivity contribution in [1.82, 2.24) is 0 Å². The van der Waals surface area contributed by atoms with Crippen molar-refractivity contribution in [2.45, 2.75) is 91.1 Å². The van der Waals surface area contributed by atoms with Gasteiger partial charge in [0.1, 0.15) is 6.10 Å². The summed E-state index contributed by atoms with van der Waals surface area (Å²) in [6, 6.07) is 0. The van der Waals surface area contributed by atoms with Gasteiger partial charge in [-0.2, -0.15) is 0 Å². The molecule has 0 unspecified atom stereocenters. The molecule has 0 bridgehead atoms. The van der Waals surface area contributed by atoms with Crippen LogP contribution in [0.25, 0.3) is 0 Å². The number of ether oxygens (including phenoxy) is 1. The van der Waals surface area contributed by atoms with Crippen LogP contribution in [0.3, 0.4) is 0 Å². The standard InChI is InChI=1S/C26H35NO3/c1-16-19(5-4-14-27-16)24(29)30-23-9-8-21-20-7-6-17-15-18(28)10-12-25(17,2)22(20)11-13-26(21,23)3/h14-15,20-23H,4-13H2,1-3H3/t20-,21-,22-,23-,25-,26-/m0/s1. The number of carbonyl (C=O) groups is 2. The minimum absolute atomic E-state index is 0.0276. The van der Waals surface area contributed by atoms with Gasteiger partial charge in [0.2, 0.25) is 0 Å². The number of hydrogen-bond donors (Lipinski definition) is 0. The van der Waals surface area contributed by atoms with E-state index in [1.807, 2.05) is 19.2 Å². The topological polar surface area (TPSA) is 55.7 Å². The zero-order valence-corrected chi connectivity index (χ0v) is 18.7. The van der Waals surface area contributed by atoms with Gasteiger partial charge in [0.05, 0.1) is 5.57 Å².